The molecule has 0 spiro atoms. The largest absolute Gasteiger partial charge is 0.389 e. The maximum atomic E-state index is 9.08. The van der Waals surface area contributed by atoms with Crippen LogP contribution in [0.4, 0.5) is 5.82 Å². The minimum Gasteiger partial charge on any atom is -0.389 e. The average molecular weight is 277 g/mol. The van der Waals surface area contributed by atoms with E-state index in [1.807, 2.05) is 4.90 Å². The molecule has 5 heteroatoms. The molecule has 0 bridgehead atoms. The zero-order valence-electron chi connectivity index (χ0n) is 6.31. The van der Waals surface area contributed by atoms with Gasteiger partial charge in [-0.2, -0.15) is 0 Å². The van der Waals surface area contributed by atoms with Crippen molar-refractivity contribution in [1.82, 2.24) is 9.97 Å². The van der Waals surface area contributed by atoms with Crippen LogP contribution in [0.1, 0.15) is 0 Å². The number of hydrogen-bond donors (Lipinski definition) is 1. The van der Waals surface area contributed by atoms with Crippen molar-refractivity contribution in [3.8, 4) is 0 Å². The minimum atomic E-state index is -0.184. The smallest absolute Gasteiger partial charge is 0.145 e. The Kier molecular flexibility index (Phi) is 2.14. The standard InChI is InChI=1S/C7H8IN3O/c8-6-1-9-4-10-7(6)11-2-5(12)3-11/h1,4-5,12H,2-3H2. The summed E-state index contributed by atoms with van der Waals surface area (Å²) in [5.74, 6) is 0.927. The molecule has 0 unspecified atom stereocenters. The molecule has 64 valence electrons. The zero-order valence-corrected chi connectivity index (χ0v) is 8.47. The summed E-state index contributed by atoms with van der Waals surface area (Å²) in [5, 5.41) is 9.08. The van der Waals surface area contributed by atoms with Gasteiger partial charge in [-0.25, -0.2) is 9.97 Å². The molecular formula is C7H8IN3O. The van der Waals surface area contributed by atoms with Crippen LogP contribution in [0.3, 0.4) is 0 Å². The highest BCUT2D eigenvalue weighted by Gasteiger charge is 2.26. The van der Waals surface area contributed by atoms with Gasteiger partial charge < -0.3 is 10.0 Å². The number of rotatable bonds is 1. The summed E-state index contributed by atoms with van der Waals surface area (Å²) in [4.78, 5) is 10.1. The second kappa shape index (κ2) is 3.14. The highest BCUT2D eigenvalue weighted by Crippen LogP contribution is 2.22. The van der Waals surface area contributed by atoms with Gasteiger partial charge in [0.2, 0.25) is 0 Å². The first-order chi connectivity index (χ1) is 5.77. The third-order valence-electron chi connectivity index (χ3n) is 1.81. The number of aromatic nitrogens is 2. The first kappa shape index (κ1) is 8.18. The molecule has 4 nitrogen and oxygen atoms in total. The third kappa shape index (κ3) is 1.38. The molecule has 0 aliphatic carbocycles. The van der Waals surface area contributed by atoms with Crippen molar-refractivity contribution in [1.29, 1.82) is 0 Å². The van der Waals surface area contributed by atoms with Gasteiger partial charge in [-0.1, -0.05) is 0 Å². The monoisotopic (exact) mass is 277 g/mol. The molecule has 12 heavy (non-hydrogen) atoms. The molecule has 0 atom stereocenters. The first-order valence-electron chi connectivity index (χ1n) is 3.66. The Morgan fingerprint density at radius 3 is 2.92 bits per heavy atom. The molecule has 1 aromatic rings. The van der Waals surface area contributed by atoms with Gasteiger partial charge in [0.1, 0.15) is 12.1 Å². The van der Waals surface area contributed by atoms with Crippen LogP contribution < -0.4 is 4.90 Å². The summed E-state index contributed by atoms with van der Waals surface area (Å²) in [6, 6.07) is 0. The predicted octanol–water partition coefficient (Wildman–Crippen LogP) is 0.262. The summed E-state index contributed by atoms with van der Waals surface area (Å²) in [5.41, 5.74) is 0. The maximum absolute atomic E-state index is 9.08. The maximum Gasteiger partial charge on any atom is 0.145 e. The van der Waals surface area contributed by atoms with Gasteiger partial charge in [0.05, 0.1) is 9.67 Å². The Morgan fingerprint density at radius 2 is 2.33 bits per heavy atom. The van der Waals surface area contributed by atoms with Gasteiger partial charge in [0, 0.05) is 19.3 Å². The van der Waals surface area contributed by atoms with Crippen molar-refractivity contribution < 1.29 is 5.11 Å². The zero-order chi connectivity index (χ0) is 8.55. The summed E-state index contributed by atoms with van der Waals surface area (Å²) in [6.07, 6.45) is 3.12. The Labute approximate surface area is 83.8 Å². The van der Waals surface area contributed by atoms with Gasteiger partial charge >= 0.3 is 0 Å². The first-order valence-corrected chi connectivity index (χ1v) is 4.74. The van der Waals surface area contributed by atoms with Crippen LogP contribution in [-0.2, 0) is 0 Å². The van der Waals surface area contributed by atoms with Crippen molar-refractivity contribution in [3.63, 3.8) is 0 Å². The van der Waals surface area contributed by atoms with E-state index in [4.69, 9.17) is 5.11 Å². The normalized spacial score (nSPS) is 17.7. The average Bonchev–Trinajstić information content (AvgIpc) is 2.01. The van der Waals surface area contributed by atoms with E-state index in [-0.39, 0.29) is 6.10 Å². The van der Waals surface area contributed by atoms with Gasteiger partial charge in [0.25, 0.3) is 0 Å². The van der Waals surface area contributed by atoms with Crippen molar-refractivity contribution in [2.24, 2.45) is 0 Å². The van der Waals surface area contributed by atoms with E-state index < -0.39 is 0 Å². The summed E-state index contributed by atoms with van der Waals surface area (Å²) in [6.45, 7) is 1.38. The Balaban J connectivity index is 2.18. The molecule has 1 fully saturated rings. The second-order valence-electron chi connectivity index (χ2n) is 2.75. The third-order valence-corrected chi connectivity index (χ3v) is 2.57. The summed E-state index contributed by atoms with van der Waals surface area (Å²) >= 11 is 2.19. The van der Waals surface area contributed by atoms with E-state index >= 15 is 0 Å². The molecule has 2 heterocycles. The van der Waals surface area contributed by atoms with Crippen LogP contribution >= 0.6 is 22.6 Å². The van der Waals surface area contributed by atoms with E-state index in [0.29, 0.717) is 13.1 Å². The second-order valence-corrected chi connectivity index (χ2v) is 3.92. The lowest BCUT2D eigenvalue weighted by molar-refractivity contribution is 0.141. The quantitative estimate of drug-likeness (QED) is 0.748. The van der Waals surface area contributed by atoms with Crippen LogP contribution in [0, 0.1) is 3.57 Å². The number of β-amino-alcohol motifs (C(OH)–C–C–N with tert-alkyl or cyclic N) is 1. The molecule has 1 aliphatic rings. The van der Waals surface area contributed by atoms with Crippen molar-refractivity contribution >= 4 is 28.4 Å². The lowest BCUT2D eigenvalue weighted by Gasteiger charge is -2.37. The topological polar surface area (TPSA) is 49.2 Å². The Morgan fingerprint density at radius 1 is 1.58 bits per heavy atom. The van der Waals surface area contributed by atoms with E-state index in [2.05, 4.69) is 32.6 Å². The molecule has 1 saturated heterocycles. The van der Waals surface area contributed by atoms with E-state index in [1.165, 1.54) is 6.33 Å². The molecule has 0 saturated carbocycles. The lowest BCUT2D eigenvalue weighted by atomic mass is 10.2. The molecule has 2 rings (SSSR count). The van der Waals surface area contributed by atoms with E-state index in [1.54, 1.807) is 6.20 Å². The number of anilines is 1. The van der Waals surface area contributed by atoms with Gasteiger partial charge in [-0.15, -0.1) is 0 Å². The highest BCUT2D eigenvalue weighted by molar-refractivity contribution is 14.1. The van der Waals surface area contributed by atoms with E-state index in [0.717, 1.165) is 9.39 Å². The molecule has 0 aromatic carbocycles. The van der Waals surface area contributed by atoms with Crippen LogP contribution in [0.2, 0.25) is 0 Å². The molecular weight excluding hydrogens is 269 g/mol. The SMILES string of the molecule is OC1CN(c2ncncc2I)C1. The van der Waals surface area contributed by atoms with Crippen molar-refractivity contribution in [2.45, 2.75) is 6.10 Å². The fourth-order valence-electron chi connectivity index (χ4n) is 1.17. The van der Waals surface area contributed by atoms with Crippen LogP contribution in [0.25, 0.3) is 0 Å². The Bertz CT molecular complexity index is 288. The number of nitrogens with zero attached hydrogens (tertiary/aromatic N) is 3. The number of halogens is 1. The highest BCUT2D eigenvalue weighted by atomic mass is 127. The number of aliphatic hydroxyl groups excluding tert-OH is 1. The Hall–Kier alpha value is -0.430. The fraction of sp³-hybridized carbons (Fsp3) is 0.429. The fourth-order valence-corrected chi connectivity index (χ4v) is 1.81. The minimum absolute atomic E-state index is 0.184. The molecule has 1 aromatic heterocycles. The van der Waals surface area contributed by atoms with Gasteiger partial charge in [-0.05, 0) is 22.6 Å². The predicted molar refractivity (Wildman–Crippen MR) is 53.0 cm³/mol. The summed E-state index contributed by atoms with van der Waals surface area (Å²) in [7, 11) is 0. The number of aliphatic hydroxyl groups is 1. The van der Waals surface area contributed by atoms with Crippen LogP contribution in [0.15, 0.2) is 12.5 Å². The van der Waals surface area contributed by atoms with E-state index in [9.17, 15) is 0 Å². The lowest BCUT2D eigenvalue weighted by Crippen LogP contribution is -2.51. The molecule has 1 aliphatic heterocycles. The van der Waals surface area contributed by atoms with Crippen LogP contribution in [-0.4, -0.2) is 34.3 Å². The molecule has 0 radical (unpaired) electrons. The van der Waals surface area contributed by atoms with Gasteiger partial charge in [0.15, 0.2) is 0 Å². The van der Waals surface area contributed by atoms with Crippen molar-refractivity contribution in [3.05, 3.63) is 16.1 Å². The summed E-state index contributed by atoms with van der Waals surface area (Å²) < 4.78 is 1.03. The number of hydrogen-bond acceptors (Lipinski definition) is 4. The molecule has 1 N–H and O–H groups in total. The van der Waals surface area contributed by atoms with Crippen molar-refractivity contribution in [2.75, 3.05) is 18.0 Å². The molecule has 0 amide bonds. The van der Waals surface area contributed by atoms with Gasteiger partial charge in [-0.3, -0.25) is 0 Å². The van der Waals surface area contributed by atoms with Crippen LogP contribution in [0.5, 0.6) is 0 Å².